The van der Waals surface area contributed by atoms with Gasteiger partial charge in [-0.05, 0) is 6.42 Å². The van der Waals surface area contributed by atoms with E-state index in [4.69, 9.17) is 46.4 Å². The van der Waals surface area contributed by atoms with Crippen molar-refractivity contribution < 1.29 is 4.79 Å². The highest BCUT2D eigenvalue weighted by Crippen LogP contribution is 2.35. The number of amides is 2. The lowest BCUT2D eigenvalue weighted by Crippen LogP contribution is -2.46. The largest absolute Gasteiger partial charge is 0.338 e. The number of hydrogen-bond acceptors (Lipinski definition) is 1. The Morgan fingerprint density at radius 2 is 1.39 bits per heavy atom. The number of nitrogens with one attached hydrogen (secondary N) is 1. The summed E-state index contributed by atoms with van der Waals surface area (Å²) in [6.45, 7) is 2.85. The summed E-state index contributed by atoms with van der Waals surface area (Å²) in [4.78, 5) is 13.0. The second kappa shape index (κ2) is 13.7. The molecule has 0 aromatic heterocycles. The van der Waals surface area contributed by atoms with Gasteiger partial charge in [0.1, 0.15) is 0 Å². The predicted molar refractivity (Wildman–Crippen MR) is 103 cm³/mol. The fourth-order valence-corrected chi connectivity index (χ4v) is 2.78. The van der Waals surface area contributed by atoms with Crippen LogP contribution in [-0.4, -0.2) is 33.8 Å². The molecule has 0 aliphatic heterocycles. The third-order valence-electron chi connectivity index (χ3n) is 3.74. The molecule has 0 aliphatic rings. The molecule has 2 amide bonds. The highest BCUT2D eigenvalue weighted by molar-refractivity contribution is 6.70. The molecule has 0 saturated carbocycles. The van der Waals surface area contributed by atoms with Gasteiger partial charge in [-0.3, -0.25) is 0 Å². The Morgan fingerprint density at radius 3 is 1.83 bits per heavy atom. The molecule has 0 aliphatic carbocycles. The van der Waals surface area contributed by atoms with E-state index in [-0.39, 0.29) is 6.03 Å². The molecule has 1 atom stereocenters. The normalized spacial score (nSPS) is 13.0. The summed E-state index contributed by atoms with van der Waals surface area (Å²) < 4.78 is -1.70. The van der Waals surface area contributed by atoms with E-state index in [1.807, 2.05) is 0 Å². The van der Waals surface area contributed by atoms with Crippen LogP contribution in [0.2, 0.25) is 0 Å². The van der Waals surface area contributed by atoms with E-state index in [1.54, 1.807) is 0 Å². The van der Waals surface area contributed by atoms with E-state index in [0.29, 0.717) is 6.54 Å². The summed E-state index contributed by atoms with van der Waals surface area (Å²) in [6.07, 6.45) is 12.6. The summed E-state index contributed by atoms with van der Waals surface area (Å²) in [6, 6.07) is -0.327. The Balaban J connectivity index is 3.52. The van der Waals surface area contributed by atoms with Crippen LogP contribution in [-0.2, 0) is 0 Å². The van der Waals surface area contributed by atoms with Crippen LogP contribution in [0.5, 0.6) is 0 Å². The molecule has 0 bridgehead atoms. The topological polar surface area (TPSA) is 32.3 Å². The first-order chi connectivity index (χ1) is 10.8. The molecule has 0 rings (SSSR count). The van der Waals surface area contributed by atoms with Crippen molar-refractivity contribution in [3.8, 4) is 0 Å². The molecular weight excluding hydrogens is 378 g/mol. The van der Waals surface area contributed by atoms with Gasteiger partial charge < -0.3 is 10.2 Å². The molecule has 1 N–H and O–H groups in total. The van der Waals surface area contributed by atoms with E-state index < -0.39 is 9.29 Å². The summed E-state index contributed by atoms with van der Waals surface area (Å²) in [5, 5.41) is 2.79. The Hall–Kier alpha value is 0.430. The van der Waals surface area contributed by atoms with Gasteiger partial charge in [0.15, 0.2) is 5.50 Å². The molecule has 0 aromatic carbocycles. The van der Waals surface area contributed by atoms with Crippen LogP contribution < -0.4 is 5.32 Å². The molecule has 0 saturated heterocycles. The lowest BCUT2D eigenvalue weighted by molar-refractivity contribution is 0.204. The van der Waals surface area contributed by atoms with Gasteiger partial charge in [0, 0.05) is 13.6 Å². The van der Waals surface area contributed by atoms with Crippen molar-refractivity contribution in [3.05, 3.63) is 0 Å². The van der Waals surface area contributed by atoms with Gasteiger partial charge >= 0.3 is 6.03 Å². The van der Waals surface area contributed by atoms with E-state index in [1.165, 1.54) is 63.3 Å². The van der Waals surface area contributed by atoms with Crippen LogP contribution in [0.25, 0.3) is 0 Å². The highest BCUT2D eigenvalue weighted by atomic mass is 35.6. The third kappa shape index (κ3) is 12.4. The maximum absolute atomic E-state index is 11.8. The minimum Gasteiger partial charge on any atom is -0.338 e. The summed E-state index contributed by atoms with van der Waals surface area (Å²) in [5.74, 6) is 0. The molecule has 0 heterocycles. The number of hydrogen-bond donors (Lipinski definition) is 1. The summed E-state index contributed by atoms with van der Waals surface area (Å²) in [7, 11) is 1.51. The second-order valence-corrected chi connectivity index (χ2v) is 8.68. The number of halogens is 4. The Labute approximate surface area is 161 Å². The Bertz CT molecular complexity index is 311. The predicted octanol–water partition coefficient (Wildman–Crippen LogP) is 6.48. The van der Waals surface area contributed by atoms with Crippen LogP contribution >= 0.6 is 46.4 Å². The van der Waals surface area contributed by atoms with E-state index in [0.717, 1.165) is 12.8 Å². The van der Waals surface area contributed by atoms with Gasteiger partial charge in [0.05, 0.1) is 0 Å². The minimum absolute atomic E-state index is 0.327. The maximum atomic E-state index is 11.8. The monoisotopic (exact) mass is 406 g/mol. The smallest absolute Gasteiger partial charge is 0.318 e. The molecule has 23 heavy (non-hydrogen) atoms. The van der Waals surface area contributed by atoms with Crippen LogP contribution in [0.15, 0.2) is 0 Å². The van der Waals surface area contributed by atoms with Crippen molar-refractivity contribution in [1.82, 2.24) is 10.2 Å². The van der Waals surface area contributed by atoms with Crippen LogP contribution in [0.3, 0.4) is 0 Å². The van der Waals surface area contributed by atoms with Gasteiger partial charge in [-0.15, -0.1) is 0 Å². The van der Waals surface area contributed by atoms with E-state index in [9.17, 15) is 4.79 Å². The molecule has 0 aromatic rings. The van der Waals surface area contributed by atoms with Crippen molar-refractivity contribution in [3.63, 3.8) is 0 Å². The zero-order chi connectivity index (χ0) is 17.7. The number of carbonyl (C=O) groups is 1. The average molecular weight is 408 g/mol. The van der Waals surface area contributed by atoms with Crippen molar-refractivity contribution in [2.24, 2.45) is 0 Å². The molecule has 0 fully saturated rings. The molecule has 0 spiro atoms. The molecule has 3 nitrogen and oxygen atoms in total. The zero-order valence-electron chi connectivity index (χ0n) is 14.2. The van der Waals surface area contributed by atoms with Gasteiger partial charge in [0.25, 0.3) is 0 Å². The molecule has 7 heteroatoms. The van der Waals surface area contributed by atoms with E-state index >= 15 is 0 Å². The number of alkyl halides is 4. The fraction of sp³-hybridized carbons (Fsp3) is 0.938. The molecule has 138 valence electrons. The average Bonchev–Trinajstić information content (AvgIpc) is 2.50. The van der Waals surface area contributed by atoms with Crippen LogP contribution in [0.4, 0.5) is 4.79 Å². The van der Waals surface area contributed by atoms with Gasteiger partial charge in [-0.25, -0.2) is 4.79 Å². The number of unbranched alkanes of at least 4 members (excludes halogenated alkanes) is 9. The van der Waals surface area contributed by atoms with E-state index in [2.05, 4.69) is 12.2 Å². The minimum atomic E-state index is -1.70. The van der Waals surface area contributed by atoms with Gasteiger partial charge in [-0.2, -0.15) is 0 Å². The van der Waals surface area contributed by atoms with Crippen LogP contribution in [0, 0.1) is 0 Å². The SMILES string of the molecule is CCCCCCCCCCCCNC(=O)N(C)C(Cl)C(Cl)(Cl)Cl. The molecule has 1 unspecified atom stereocenters. The number of rotatable bonds is 12. The first kappa shape index (κ1) is 23.4. The lowest BCUT2D eigenvalue weighted by atomic mass is 10.1. The van der Waals surface area contributed by atoms with Gasteiger partial charge in [0.2, 0.25) is 3.79 Å². The van der Waals surface area contributed by atoms with Crippen molar-refractivity contribution in [1.29, 1.82) is 0 Å². The number of urea groups is 1. The Morgan fingerprint density at radius 1 is 0.957 bits per heavy atom. The second-order valence-electron chi connectivity index (χ2n) is 5.90. The standard InChI is InChI=1S/C16H30Cl4N2O/c1-3-4-5-6-7-8-9-10-11-12-13-21-15(23)22(2)14(17)16(18,19)20/h14H,3-13H2,1-2H3,(H,21,23). The highest BCUT2D eigenvalue weighted by Gasteiger charge is 2.36. The fourth-order valence-electron chi connectivity index (χ4n) is 2.25. The quantitative estimate of drug-likeness (QED) is 0.224. The van der Waals surface area contributed by atoms with Gasteiger partial charge in [-0.1, -0.05) is 111 Å². The number of nitrogens with zero attached hydrogens (tertiary/aromatic N) is 1. The molecule has 0 radical (unpaired) electrons. The summed E-state index contributed by atoms with van der Waals surface area (Å²) in [5.41, 5.74) is -1.000. The van der Waals surface area contributed by atoms with Crippen molar-refractivity contribution >= 4 is 52.4 Å². The first-order valence-corrected chi connectivity index (χ1v) is 10.1. The number of carbonyl (C=O) groups excluding carboxylic acids is 1. The third-order valence-corrected chi connectivity index (χ3v) is 5.31. The van der Waals surface area contributed by atoms with Crippen molar-refractivity contribution in [2.45, 2.75) is 80.4 Å². The van der Waals surface area contributed by atoms with Crippen LogP contribution in [0.1, 0.15) is 71.1 Å². The molecular formula is C16H30Cl4N2O. The summed E-state index contributed by atoms with van der Waals surface area (Å²) >= 11 is 22.9. The first-order valence-electron chi connectivity index (χ1n) is 8.52. The zero-order valence-corrected chi connectivity index (χ0v) is 17.2. The van der Waals surface area contributed by atoms with Crippen molar-refractivity contribution in [2.75, 3.05) is 13.6 Å². The maximum Gasteiger partial charge on any atom is 0.318 e. The Kier molecular flexibility index (Phi) is 13.9. The lowest BCUT2D eigenvalue weighted by Gasteiger charge is -2.28.